The molecule has 0 fully saturated rings. The van der Waals surface area contributed by atoms with Gasteiger partial charge in [0, 0.05) is 35.9 Å². The van der Waals surface area contributed by atoms with Gasteiger partial charge in [0.15, 0.2) is 0 Å². The first-order valence-corrected chi connectivity index (χ1v) is 10.3. The van der Waals surface area contributed by atoms with Gasteiger partial charge in [-0.15, -0.1) is 0 Å². The van der Waals surface area contributed by atoms with Crippen LogP contribution >= 0.6 is 0 Å². The summed E-state index contributed by atoms with van der Waals surface area (Å²) >= 11 is 0. The number of fused-ring (bicyclic) bond motifs is 2. The van der Waals surface area contributed by atoms with E-state index in [0.717, 1.165) is 33.2 Å². The standard InChI is InChI=1S/C25H23N5O2/c1-16-6-7-23(32-2)21(14-16)29-25(31)28-20-4-3-5-22-19(20)10-13-30(22)15-17-8-11-26-24-18(17)9-12-27-24/h3-14H,15H2,1-2H3,(H,26,27)(H2,28,29,31). The van der Waals surface area contributed by atoms with Gasteiger partial charge in [0.2, 0.25) is 0 Å². The fraction of sp³-hybridized carbons (Fsp3) is 0.120. The minimum absolute atomic E-state index is 0.322. The number of methoxy groups -OCH3 is 1. The van der Waals surface area contributed by atoms with Crippen molar-refractivity contribution < 1.29 is 9.53 Å². The number of benzene rings is 2. The molecule has 0 aliphatic heterocycles. The van der Waals surface area contributed by atoms with E-state index in [4.69, 9.17) is 4.74 Å². The van der Waals surface area contributed by atoms with E-state index in [9.17, 15) is 4.79 Å². The molecule has 0 aliphatic carbocycles. The van der Waals surface area contributed by atoms with E-state index >= 15 is 0 Å². The number of aromatic amines is 1. The minimum atomic E-state index is -0.322. The third kappa shape index (κ3) is 3.65. The molecule has 0 saturated carbocycles. The van der Waals surface area contributed by atoms with Crippen LogP contribution < -0.4 is 15.4 Å². The van der Waals surface area contributed by atoms with E-state index in [1.54, 1.807) is 7.11 Å². The molecule has 0 atom stereocenters. The highest BCUT2D eigenvalue weighted by Gasteiger charge is 2.12. The number of anilines is 2. The number of amides is 2. The Hall–Kier alpha value is -4.26. The van der Waals surface area contributed by atoms with E-state index in [0.29, 0.717) is 18.0 Å². The summed E-state index contributed by atoms with van der Waals surface area (Å²) in [6, 6.07) is 17.3. The summed E-state index contributed by atoms with van der Waals surface area (Å²) in [4.78, 5) is 20.2. The predicted octanol–water partition coefficient (Wildman–Crippen LogP) is 5.53. The van der Waals surface area contributed by atoms with Gasteiger partial charge in [0.05, 0.1) is 24.0 Å². The number of rotatable bonds is 5. The van der Waals surface area contributed by atoms with Gasteiger partial charge in [0.1, 0.15) is 11.4 Å². The number of nitrogens with one attached hydrogen (secondary N) is 3. The number of carbonyl (C=O) groups excluding carboxylic acids is 1. The summed E-state index contributed by atoms with van der Waals surface area (Å²) < 4.78 is 7.52. The molecule has 3 aromatic heterocycles. The maximum absolute atomic E-state index is 12.7. The van der Waals surface area contributed by atoms with Crippen molar-refractivity contribution in [3.8, 4) is 5.75 Å². The topological polar surface area (TPSA) is 84.0 Å². The Morgan fingerprint density at radius 2 is 1.94 bits per heavy atom. The van der Waals surface area contributed by atoms with Crippen molar-refractivity contribution in [2.24, 2.45) is 0 Å². The molecule has 0 unspecified atom stereocenters. The maximum atomic E-state index is 12.7. The molecule has 160 valence electrons. The van der Waals surface area contributed by atoms with Crippen molar-refractivity contribution in [1.82, 2.24) is 14.5 Å². The molecule has 0 spiro atoms. The van der Waals surface area contributed by atoms with E-state index in [1.807, 2.05) is 74.0 Å². The van der Waals surface area contributed by atoms with Crippen molar-refractivity contribution in [2.45, 2.75) is 13.5 Å². The average Bonchev–Trinajstić information content (AvgIpc) is 3.42. The molecular formula is C25H23N5O2. The number of carbonyl (C=O) groups is 1. The number of hydrogen-bond donors (Lipinski definition) is 3. The Morgan fingerprint density at radius 3 is 2.81 bits per heavy atom. The maximum Gasteiger partial charge on any atom is 0.323 e. The van der Waals surface area contributed by atoms with Crippen LogP contribution in [0, 0.1) is 6.92 Å². The van der Waals surface area contributed by atoms with Crippen molar-refractivity contribution in [2.75, 3.05) is 17.7 Å². The van der Waals surface area contributed by atoms with Crippen molar-refractivity contribution in [1.29, 1.82) is 0 Å². The van der Waals surface area contributed by atoms with Crippen molar-refractivity contribution >= 4 is 39.3 Å². The molecule has 0 aliphatic rings. The molecule has 0 bridgehead atoms. The Bertz CT molecular complexity index is 1430. The van der Waals surface area contributed by atoms with Gasteiger partial charge in [-0.1, -0.05) is 12.1 Å². The first kappa shape index (κ1) is 19.7. The van der Waals surface area contributed by atoms with Gasteiger partial charge in [-0.25, -0.2) is 9.78 Å². The third-order valence-electron chi connectivity index (χ3n) is 5.56. The first-order valence-electron chi connectivity index (χ1n) is 10.3. The van der Waals surface area contributed by atoms with Gasteiger partial charge in [-0.2, -0.15) is 0 Å². The first-order chi connectivity index (χ1) is 15.6. The van der Waals surface area contributed by atoms with Crippen LogP contribution in [0.15, 0.2) is 73.2 Å². The fourth-order valence-corrected chi connectivity index (χ4v) is 4.01. The number of ether oxygens (including phenoxy) is 1. The fourth-order valence-electron chi connectivity index (χ4n) is 4.01. The highest BCUT2D eigenvalue weighted by Crippen LogP contribution is 2.28. The summed E-state index contributed by atoms with van der Waals surface area (Å²) in [6.07, 6.45) is 5.76. The lowest BCUT2D eigenvalue weighted by Crippen LogP contribution is -2.20. The van der Waals surface area contributed by atoms with Crippen LogP contribution in [0.3, 0.4) is 0 Å². The van der Waals surface area contributed by atoms with E-state index in [-0.39, 0.29) is 6.03 Å². The largest absolute Gasteiger partial charge is 0.495 e. The monoisotopic (exact) mass is 425 g/mol. The van der Waals surface area contributed by atoms with E-state index < -0.39 is 0 Å². The molecule has 3 N–H and O–H groups in total. The Morgan fingerprint density at radius 1 is 1.06 bits per heavy atom. The summed E-state index contributed by atoms with van der Waals surface area (Å²) in [7, 11) is 1.58. The molecule has 2 aromatic carbocycles. The molecule has 7 heteroatoms. The number of nitrogens with zero attached hydrogens (tertiary/aromatic N) is 2. The minimum Gasteiger partial charge on any atom is -0.495 e. The molecule has 3 heterocycles. The van der Waals surface area contributed by atoms with Crippen LogP contribution in [0.25, 0.3) is 21.9 Å². The molecule has 7 nitrogen and oxygen atoms in total. The normalized spacial score (nSPS) is 11.1. The molecular weight excluding hydrogens is 402 g/mol. The third-order valence-corrected chi connectivity index (χ3v) is 5.56. The van der Waals surface area contributed by atoms with Crippen LogP contribution in [-0.2, 0) is 6.54 Å². The molecule has 2 amide bonds. The van der Waals surface area contributed by atoms with Crippen LogP contribution in [0.5, 0.6) is 5.75 Å². The lowest BCUT2D eigenvalue weighted by Gasteiger charge is -2.13. The van der Waals surface area contributed by atoms with E-state index in [2.05, 4.69) is 31.2 Å². The number of aromatic nitrogens is 3. The highest BCUT2D eigenvalue weighted by molar-refractivity contribution is 6.06. The Labute approximate surface area is 185 Å². The molecule has 0 radical (unpaired) electrons. The van der Waals surface area contributed by atoms with Crippen molar-refractivity contribution in [3.05, 3.63) is 84.3 Å². The SMILES string of the molecule is COc1ccc(C)cc1NC(=O)Nc1cccc2c1ccn2Cc1ccnc2[nH]ccc12. The van der Waals surface area contributed by atoms with Gasteiger partial charge in [-0.05, 0) is 60.5 Å². The average molecular weight is 425 g/mol. The second-order valence-corrected chi connectivity index (χ2v) is 7.67. The van der Waals surface area contributed by atoms with Gasteiger partial charge >= 0.3 is 6.03 Å². The number of urea groups is 1. The second kappa shape index (κ2) is 8.11. The Kier molecular flexibility index (Phi) is 4.99. The van der Waals surface area contributed by atoms with Gasteiger partial charge in [-0.3, -0.25) is 0 Å². The second-order valence-electron chi connectivity index (χ2n) is 7.67. The molecule has 5 aromatic rings. The number of pyridine rings is 1. The summed E-state index contributed by atoms with van der Waals surface area (Å²) in [5.74, 6) is 0.614. The van der Waals surface area contributed by atoms with Crippen LogP contribution in [0.1, 0.15) is 11.1 Å². The lowest BCUT2D eigenvalue weighted by molar-refractivity contribution is 0.262. The highest BCUT2D eigenvalue weighted by atomic mass is 16.5. The predicted molar refractivity (Wildman–Crippen MR) is 128 cm³/mol. The Balaban J connectivity index is 1.40. The molecule has 5 rings (SSSR count). The summed E-state index contributed by atoms with van der Waals surface area (Å²) in [5, 5.41) is 7.94. The zero-order valence-electron chi connectivity index (χ0n) is 17.8. The van der Waals surface area contributed by atoms with Gasteiger partial charge in [0.25, 0.3) is 0 Å². The molecule has 32 heavy (non-hydrogen) atoms. The quantitative estimate of drug-likeness (QED) is 0.346. The number of aryl methyl sites for hydroxylation is 1. The summed E-state index contributed by atoms with van der Waals surface area (Å²) in [5.41, 5.74) is 5.50. The zero-order chi connectivity index (χ0) is 22.1. The smallest absolute Gasteiger partial charge is 0.323 e. The van der Waals surface area contributed by atoms with Crippen LogP contribution in [-0.4, -0.2) is 27.7 Å². The van der Waals surface area contributed by atoms with Crippen LogP contribution in [0.4, 0.5) is 16.2 Å². The molecule has 0 saturated heterocycles. The zero-order valence-corrected chi connectivity index (χ0v) is 17.8. The van der Waals surface area contributed by atoms with Gasteiger partial charge < -0.3 is 24.9 Å². The van der Waals surface area contributed by atoms with E-state index in [1.165, 1.54) is 5.56 Å². The summed E-state index contributed by atoms with van der Waals surface area (Å²) in [6.45, 7) is 2.67. The van der Waals surface area contributed by atoms with Crippen molar-refractivity contribution in [3.63, 3.8) is 0 Å². The van der Waals surface area contributed by atoms with Crippen LogP contribution in [0.2, 0.25) is 0 Å². The number of hydrogen-bond acceptors (Lipinski definition) is 3. The lowest BCUT2D eigenvalue weighted by atomic mass is 10.2. The number of H-pyrrole nitrogens is 1.